The van der Waals surface area contributed by atoms with E-state index >= 15 is 0 Å². The van der Waals surface area contributed by atoms with Crippen molar-refractivity contribution in [3.63, 3.8) is 0 Å². The fourth-order valence-electron chi connectivity index (χ4n) is 1.81. The second-order valence-electron chi connectivity index (χ2n) is 4.77. The summed E-state index contributed by atoms with van der Waals surface area (Å²) in [6.07, 6.45) is 0. The van der Waals surface area contributed by atoms with Gasteiger partial charge in [0.2, 0.25) is 0 Å². The Balaban J connectivity index is 2.19. The minimum Gasteiger partial charge on any atom is -0.506 e. The third-order valence-corrected chi connectivity index (χ3v) is 3.80. The van der Waals surface area contributed by atoms with Crippen LogP contribution in [0.3, 0.4) is 0 Å². The summed E-state index contributed by atoms with van der Waals surface area (Å²) in [5.41, 5.74) is -1.12. The lowest BCUT2D eigenvalue weighted by Gasteiger charge is -2.10. The Labute approximate surface area is 160 Å². The highest BCUT2D eigenvalue weighted by molar-refractivity contribution is 6.44. The number of hydrogen-bond donors (Lipinski definition) is 4. The van der Waals surface area contributed by atoms with Gasteiger partial charge in [0.25, 0.3) is 5.69 Å². The Kier molecular flexibility index (Phi) is 5.76. The maximum Gasteiger partial charge on any atom is 0.314 e. The molecule has 0 fully saturated rings. The fraction of sp³-hybridized carbons (Fsp3) is 0. The number of halogens is 3. The van der Waals surface area contributed by atoms with Crippen LogP contribution in [0.15, 0.2) is 24.3 Å². The Morgan fingerprint density at radius 1 is 0.923 bits per heavy atom. The number of rotatable bonds is 3. The quantitative estimate of drug-likeness (QED) is 0.259. The third kappa shape index (κ3) is 4.26. The molecule has 4 N–H and O–H groups in total. The van der Waals surface area contributed by atoms with E-state index in [0.717, 1.165) is 18.2 Å². The Bertz CT molecular complexity index is 935. The summed E-state index contributed by atoms with van der Waals surface area (Å²) >= 11 is 17.1. The van der Waals surface area contributed by atoms with Crippen molar-refractivity contribution in [1.82, 2.24) is 0 Å². The Morgan fingerprint density at radius 2 is 1.50 bits per heavy atom. The summed E-state index contributed by atoms with van der Waals surface area (Å²) in [4.78, 5) is 33.7. The summed E-state index contributed by atoms with van der Waals surface area (Å²) in [6.45, 7) is 0. The zero-order valence-corrected chi connectivity index (χ0v) is 14.7. The van der Waals surface area contributed by atoms with Crippen LogP contribution >= 0.6 is 34.8 Å². The van der Waals surface area contributed by atoms with Gasteiger partial charge in [0.1, 0.15) is 10.8 Å². The van der Waals surface area contributed by atoms with E-state index in [0.29, 0.717) is 0 Å². The molecule has 0 aliphatic rings. The van der Waals surface area contributed by atoms with Crippen LogP contribution in [0.5, 0.6) is 11.5 Å². The number of aromatic hydroxyl groups is 2. The van der Waals surface area contributed by atoms with Crippen molar-refractivity contribution in [1.29, 1.82) is 0 Å². The fourth-order valence-corrected chi connectivity index (χ4v) is 2.54. The van der Waals surface area contributed by atoms with Crippen LogP contribution in [-0.2, 0) is 9.59 Å². The minimum atomic E-state index is -1.25. The van der Waals surface area contributed by atoms with Gasteiger partial charge in [0.05, 0.1) is 27.4 Å². The molecule has 0 atom stereocenters. The van der Waals surface area contributed by atoms with E-state index < -0.39 is 33.9 Å². The van der Waals surface area contributed by atoms with Crippen LogP contribution < -0.4 is 10.6 Å². The first-order chi connectivity index (χ1) is 12.1. The van der Waals surface area contributed by atoms with E-state index in [-0.39, 0.29) is 26.4 Å². The average molecular weight is 421 g/mol. The van der Waals surface area contributed by atoms with Gasteiger partial charge >= 0.3 is 11.8 Å². The molecule has 0 bridgehead atoms. The number of nitro groups is 1. The van der Waals surface area contributed by atoms with Crippen molar-refractivity contribution in [3.8, 4) is 11.5 Å². The molecule has 2 aromatic rings. The lowest BCUT2D eigenvalue weighted by Crippen LogP contribution is -2.29. The average Bonchev–Trinajstić information content (AvgIpc) is 2.54. The van der Waals surface area contributed by atoms with E-state index in [9.17, 15) is 29.9 Å². The number of carbonyl (C=O) groups is 2. The summed E-state index contributed by atoms with van der Waals surface area (Å²) in [7, 11) is 0. The van der Waals surface area contributed by atoms with Crippen LogP contribution in [0.2, 0.25) is 15.1 Å². The number of nitrogens with one attached hydrogen (secondary N) is 2. The predicted octanol–water partition coefficient (Wildman–Crippen LogP) is 3.54. The number of anilines is 2. The standard InChI is InChI=1S/C14H8Cl3N3O6/c15-5-1-7(17)12(22)9(2-5)19-14(24)13(23)18-8-3-6(16)10(20(25)26)4-11(8)21/h1-4,21-22H,(H,18,23)(H,19,24). The van der Waals surface area contributed by atoms with Crippen molar-refractivity contribution in [3.05, 3.63) is 49.4 Å². The number of nitrogens with zero attached hydrogens (tertiary/aromatic N) is 1. The van der Waals surface area contributed by atoms with E-state index in [4.69, 9.17) is 34.8 Å². The summed E-state index contributed by atoms with van der Waals surface area (Å²) in [5, 5.41) is 33.9. The van der Waals surface area contributed by atoms with Crippen molar-refractivity contribution < 1.29 is 24.7 Å². The molecule has 0 heterocycles. The molecule has 2 aromatic carbocycles. The van der Waals surface area contributed by atoms with Crippen molar-refractivity contribution in [2.24, 2.45) is 0 Å². The number of hydrogen-bond acceptors (Lipinski definition) is 6. The van der Waals surface area contributed by atoms with Crippen LogP contribution in [0, 0.1) is 10.1 Å². The molecular weight excluding hydrogens is 413 g/mol. The van der Waals surface area contributed by atoms with Crippen LogP contribution in [0.1, 0.15) is 0 Å². The molecule has 2 rings (SSSR count). The number of amides is 2. The summed E-state index contributed by atoms with van der Waals surface area (Å²) < 4.78 is 0. The first-order valence-corrected chi connectivity index (χ1v) is 7.70. The van der Waals surface area contributed by atoms with Gasteiger partial charge in [-0.25, -0.2) is 0 Å². The Morgan fingerprint density at radius 3 is 2.08 bits per heavy atom. The maximum absolute atomic E-state index is 11.9. The highest BCUT2D eigenvalue weighted by atomic mass is 35.5. The molecule has 0 unspecified atom stereocenters. The molecule has 0 saturated heterocycles. The van der Waals surface area contributed by atoms with E-state index in [1.807, 2.05) is 5.32 Å². The molecule has 136 valence electrons. The zero-order valence-electron chi connectivity index (χ0n) is 12.4. The molecule has 0 aromatic heterocycles. The zero-order chi connectivity index (χ0) is 19.6. The first kappa shape index (κ1) is 19.6. The summed E-state index contributed by atoms with van der Waals surface area (Å²) in [5.74, 6) is -3.65. The maximum atomic E-state index is 11.9. The van der Waals surface area contributed by atoms with Gasteiger partial charge in [-0.05, 0) is 18.2 Å². The first-order valence-electron chi connectivity index (χ1n) is 6.57. The highest BCUT2D eigenvalue weighted by Crippen LogP contribution is 2.36. The molecule has 0 aliphatic carbocycles. The molecule has 0 aliphatic heterocycles. The number of phenols is 2. The lowest BCUT2D eigenvalue weighted by atomic mass is 10.2. The van der Waals surface area contributed by atoms with Gasteiger partial charge in [0, 0.05) is 5.02 Å². The smallest absolute Gasteiger partial charge is 0.314 e. The van der Waals surface area contributed by atoms with Gasteiger partial charge in [-0.15, -0.1) is 0 Å². The van der Waals surface area contributed by atoms with Crippen LogP contribution in [-0.4, -0.2) is 27.0 Å². The van der Waals surface area contributed by atoms with E-state index in [1.165, 1.54) is 6.07 Å². The van der Waals surface area contributed by atoms with E-state index in [1.54, 1.807) is 0 Å². The lowest BCUT2D eigenvalue weighted by molar-refractivity contribution is -0.384. The second-order valence-corrected chi connectivity index (χ2v) is 6.02. The van der Waals surface area contributed by atoms with Gasteiger partial charge in [-0.1, -0.05) is 34.8 Å². The molecule has 12 heteroatoms. The largest absolute Gasteiger partial charge is 0.506 e. The van der Waals surface area contributed by atoms with Gasteiger partial charge in [0.15, 0.2) is 5.75 Å². The number of carbonyl (C=O) groups excluding carboxylic acids is 2. The molecule has 26 heavy (non-hydrogen) atoms. The van der Waals surface area contributed by atoms with Crippen molar-refractivity contribution >= 4 is 63.7 Å². The number of benzene rings is 2. The monoisotopic (exact) mass is 419 g/mol. The molecule has 0 spiro atoms. The Hall–Kier alpha value is -2.75. The van der Waals surface area contributed by atoms with Gasteiger partial charge in [-0.2, -0.15) is 0 Å². The SMILES string of the molecule is O=C(Nc1cc(Cl)c([N+](=O)[O-])cc1O)C(=O)Nc1cc(Cl)cc(Cl)c1O. The van der Waals surface area contributed by atoms with E-state index in [2.05, 4.69) is 5.32 Å². The topological polar surface area (TPSA) is 142 Å². The minimum absolute atomic E-state index is 0.100. The van der Waals surface area contributed by atoms with Crippen molar-refractivity contribution in [2.45, 2.75) is 0 Å². The van der Waals surface area contributed by atoms with Crippen LogP contribution in [0.4, 0.5) is 17.1 Å². The number of phenolic OH excluding ortho intramolecular Hbond substituents is 2. The molecule has 2 amide bonds. The number of nitro benzene ring substituents is 1. The van der Waals surface area contributed by atoms with Gasteiger partial charge in [-0.3, -0.25) is 19.7 Å². The molecular formula is C14H8Cl3N3O6. The molecule has 0 radical (unpaired) electrons. The van der Waals surface area contributed by atoms with Crippen molar-refractivity contribution in [2.75, 3.05) is 10.6 Å². The third-order valence-electron chi connectivity index (χ3n) is 2.99. The normalized spacial score (nSPS) is 10.3. The predicted molar refractivity (Wildman–Crippen MR) is 95.2 cm³/mol. The second kappa shape index (κ2) is 7.65. The van der Waals surface area contributed by atoms with Crippen LogP contribution in [0.25, 0.3) is 0 Å². The summed E-state index contributed by atoms with van der Waals surface area (Å²) in [6, 6.07) is 4.02. The van der Waals surface area contributed by atoms with Gasteiger partial charge < -0.3 is 20.8 Å². The molecule has 9 nitrogen and oxygen atoms in total. The molecule has 0 saturated carbocycles. The highest BCUT2D eigenvalue weighted by Gasteiger charge is 2.21.